The predicted octanol–water partition coefficient (Wildman–Crippen LogP) is 2.86. The molecule has 0 fully saturated rings. The molecule has 1 aromatic carbocycles. The second-order valence-corrected chi connectivity index (χ2v) is 7.89. The highest BCUT2D eigenvalue weighted by Gasteiger charge is 2.27. The number of aromatic amines is 1. The summed E-state index contributed by atoms with van der Waals surface area (Å²) in [4.78, 5) is 29.2. The first-order valence-corrected chi connectivity index (χ1v) is 11.1. The van der Waals surface area contributed by atoms with Crippen LogP contribution in [0.25, 0.3) is 22.6 Å². The Kier molecular flexibility index (Phi) is 6.26. The van der Waals surface area contributed by atoms with Gasteiger partial charge in [-0.05, 0) is 42.7 Å². The van der Waals surface area contributed by atoms with Gasteiger partial charge in [-0.1, -0.05) is 5.16 Å². The SMILES string of the molecule is COC(=O)c1cn([C@H](CCSC)c2nc(-c3ccc(OC)cc3)no2)cc2c(=O)[nH]nc1-2. The van der Waals surface area contributed by atoms with Gasteiger partial charge in [-0.25, -0.2) is 9.89 Å². The summed E-state index contributed by atoms with van der Waals surface area (Å²) in [6.45, 7) is 0. The monoisotopic (exact) mass is 455 g/mol. The van der Waals surface area contributed by atoms with Crippen molar-refractivity contribution >= 4 is 17.7 Å². The van der Waals surface area contributed by atoms with E-state index in [9.17, 15) is 9.59 Å². The summed E-state index contributed by atoms with van der Waals surface area (Å²) in [7, 11) is 2.88. The number of carbonyl (C=O) groups is 1. The van der Waals surface area contributed by atoms with Crippen LogP contribution in [-0.2, 0) is 4.74 Å². The first kappa shape index (κ1) is 21.6. The molecule has 32 heavy (non-hydrogen) atoms. The van der Waals surface area contributed by atoms with E-state index in [1.54, 1.807) is 35.8 Å². The Morgan fingerprint density at radius 3 is 2.72 bits per heavy atom. The highest BCUT2D eigenvalue weighted by molar-refractivity contribution is 7.98. The number of nitrogens with zero attached hydrogens (tertiary/aromatic N) is 4. The van der Waals surface area contributed by atoms with Crippen LogP contribution in [0.2, 0.25) is 0 Å². The molecule has 2 aliphatic heterocycles. The molecular formula is C21H21N5O5S. The Morgan fingerprint density at radius 1 is 1.25 bits per heavy atom. The Labute approximate surface area is 187 Å². The van der Waals surface area contributed by atoms with Gasteiger partial charge in [-0.2, -0.15) is 21.8 Å². The summed E-state index contributed by atoms with van der Waals surface area (Å²) < 4.78 is 17.4. The molecule has 4 rings (SSSR count). The minimum absolute atomic E-state index is 0.174. The fraction of sp³-hybridized carbons (Fsp3) is 0.286. The molecular weight excluding hydrogens is 434 g/mol. The van der Waals surface area contributed by atoms with E-state index in [0.717, 1.165) is 17.1 Å². The standard InChI is InChI=1S/C21H21N5O5S/c1-29-13-6-4-12(5-7-13)18-22-20(31-25-18)16(8-9-32-3)26-10-14-17(23-24-19(14)27)15(11-26)21(28)30-2/h4-7,10-11,16H,8-9H2,1-3H3,(H,24,27)/t16-/m1/s1. The molecule has 2 aliphatic rings. The van der Waals surface area contributed by atoms with Gasteiger partial charge < -0.3 is 18.6 Å². The third kappa shape index (κ3) is 4.11. The van der Waals surface area contributed by atoms with Gasteiger partial charge in [0.15, 0.2) is 0 Å². The lowest BCUT2D eigenvalue weighted by atomic mass is 10.1. The molecule has 11 heteroatoms. The van der Waals surface area contributed by atoms with Crippen LogP contribution in [0.4, 0.5) is 0 Å². The molecule has 0 spiro atoms. The van der Waals surface area contributed by atoms with Gasteiger partial charge in [-0.15, -0.1) is 0 Å². The van der Waals surface area contributed by atoms with Crippen LogP contribution in [0, 0.1) is 0 Å². The summed E-state index contributed by atoms with van der Waals surface area (Å²) in [6.07, 6.45) is 5.86. The second kappa shape index (κ2) is 9.27. The van der Waals surface area contributed by atoms with Gasteiger partial charge in [0.2, 0.25) is 11.7 Å². The third-order valence-electron chi connectivity index (χ3n) is 5.02. The number of aromatic nitrogens is 5. The van der Waals surface area contributed by atoms with Gasteiger partial charge in [0.05, 0.1) is 19.8 Å². The lowest BCUT2D eigenvalue weighted by Gasteiger charge is -2.19. The molecule has 2 aromatic rings. The van der Waals surface area contributed by atoms with Crippen molar-refractivity contribution in [1.82, 2.24) is 24.9 Å². The number of nitrogens with one attached hydrogen (secondary N) is 1. The first-order valence-electron chi connectivity index (χ1n) is 9.70. The van der Waals surface area contributed by atoms with Crippen molar-refractivity contribution in [3.8, 4) is 28.4 Å². The van der Waals surface area contributed by atoms with Gasteiger partial charge >= 0.3 is 5.97 Å². The maximum Gasteiger partial charge on any atom is 0.341 e. The Hall–Kier alpha value is -3.60. The number of benzene rings is 1. The molecule has 0 saturated carbocycles. The highest BCUT2D eigenvalue weighted by atomic mass is 32.2. The third-order valence-corrected chi connectivity index (χ3v) is 5.66. The van der Waals surface area contributed by atoms with Crippen LogP contribution in [0.15, 0.2) is 46.0 Å². The topological polar surface area (TPSA) is 125 Å². The molecule has 166 valence electrons. The smallest absolute Gasteiger partial charge is 0.341 e. The molecule has 1 N–H and O–H groups in total. The summed E-state index contributed by atoms with van der Waals surface area (Å²) in [6, 6.07) is 6.92. The number of rotatable bonds is 8. The van der Waals surface area contributed by atoms with E-state index in [1.807, 2.05) is 30.5 Å². The molecule has 10 nitrogen and oxygen atoms in total. The average Bonchev–Trinajstić information content (AvgIpc) is 3.46. The van der Waals surface area contributed by atoms with Gasteiger partial charge in [0.25, 0.3) is 5.56 Å². The molecule has 0 saturated heterocycles. The number of carbonyl (C=O) groups excluding carboxylic acids is 1. The van der Waals surface area contributed by atoms with Crippen molar-refractivity contribution < 1.29 is 18.8 Å². The molecule has 1 atom stereocenters. The molecule has 1 aromatic heterocycles. The van der Waals surface area contributed by atoms with E-state index in [1.165, 1.54) is 7.11 Å². The number of esters is 1. The molecule has 0 unspecified atom stereocenters. The second-order valence-electron chi connectivity index (χ2n) is 6.91. The maximum absolute atomic E-state index is 12.3. The molecule has 3 heterocycles. The van der Waals surface area contributed by atoms with Crippen LogP contribution >= 0.6 is 11.8 Å². The van der Waals surface area contributed by atoms with Crippen molar-refractivity contribution in [3.63, 3.8) is 0 Å². The fourth-order valence-electron chi connectivity index (χ4n) is 3.35. The highest BCUT2D eigenvalue weighted by Crippen LogP contribution is 2.29. The van der Waals surface area contributed by atoms with Crippen molar-refractivity contribution in [2.24, 2.45) is 0 Å². The predicted molar refractivity (Wildman–Crippen MR) is 118 cm³/mol. The van der Waals surface area contributed by atoms with Crippen molar-refractivity contribution in [2.75, 3.05) is 26.2 Å². The zero-order chi connectivity index (χ0) is 22.7. The van der Waals surface area contributed by atoms with Crippen LogP contribution in [-0.4, -0.2) is 57.1 Å². The maximum atomic E-state index is 12.3. The van der Waals surface area contributed by atoms with E-state index in [0.29, 0.717) is 18.1 Å². The summed E-state index contributed by atoms with van der Waals surface area (Å²) in [5, 5.41) is 10.5. The largest absolute Gasteiger partial charge is 0.497 e. The molecule has 0 radical (unpaired) electrons. The molecule has 0 aliphatic carbocycles. The summed E-state index contributed by atoms with van der Waals surface area (Å²) >= 11 is 1.66. The van der Waals surface area contributed by atoms with Crippen LogP contribution < -0.4 is 10.3 Å². The number of hydrogen-bond acceptors (Lipinski definition) is 9. The first-order chi connectivity index (χ1) is 15.5. The van der Waals surface area contributed by atoms with Gasteiger partial charge in [-0.3, -0.25) is 4.79 Å². The zero-order valence-electron chi connectivity index (χ0n) is 17.7. The quantitative estimate of drug-likeness (QED) is 0.399. The van der Waals surface area contributed by atoms with E-state index in [2.05, 4.69) is 20.3 Å². The minimum atomic E-state index is -0.594. The van der Waals surface area contributed by atoms with E-state index in [4.69, 9.17) is 14.0 Å². The minimum Gasteiger partial charge on any atom is -0.497 e. The number of fused-ring (bicyclic) bond motifs is 1. The van der Waals surface area contributed by atoms with Gasteiger partial charge in [0, 0.05) is 18.0 Å². The van der Waals surface area contributed by atoms with Crippen molar-refractivity contribution in [3.05, 3.63) is 58.5 Å². The Bertz CT molecular complexity index is 1250. The number of thioether (sulfide) groups is 1. The summed E-state index contributed by atoms with van der Waals surface area (Å²) in [5.74, 6) is 1.71. The lowest BCUT2D eigenvalue weighted by molar-refractivity contribution is 0.0600. The zero-order valence-corrected chi connectivity index (χ0v) is 18.5. The summed E-state index contributed by atoms with van der Waals surface area (Å²) in [5.41, 5.74) is 1.08. The van der Waals surface area contributed by atoms with Crippen LogP contribution in [0.1, 0.15) is 28.7 Å². The number of pyridine rings is 1. The van der Waals surface area contributed by atoms with E-state index in [-0.39, 0.29) is 16.8 Å². The van der Waals surface area contributed by atoms with Crippen LogP contribution in [0.5, 0.6) is 5.75 Å². The van der Waals surface area contributed by atoms with Crippen molar-refractivity contribution in [2.45, 2.75) is 12.5 Å². The Balaban J connectivity index is 1.78. The number of ether oxygens (including phenoxy) is 2. The number of methoxy groups -OCH3 is 2. The van der Waals surface area contributed by atoms with Crippen LogP contribution in [0.3, 0.4) is 0 Å². The average molecular weight is 455 g/mol. The van der Waals surface area contributed by atoms with Gasteiger partial charge in [0.1, 0.15) is 23.0 Å². The lowest BCUT2D eigenvalue weighted by Crippen LogP contribution is -2.17. The Morgan fingerprint density at radius 2 is 2.03 bits per heavy atom. The molecule has 0 bridgehead atoms. The molecule has 0 amide bonds. The number of hydrogen-bond donors (Lipinski definition) is 1. The normalized spacial score (nSPS) is 12.1. The fourth-order valence-corrected chi connectivity index (χ4v) is 3.81. The van der Waals surface area contributed by atoms with E-state index >= 15 is 0 Å². The van der Waals surface area contributed by atoms with Crippen molar-refractivity contribution in [1.29, 1.82) is 0 Å². The van der Waals surface area contributed by atoms with E-state index < -0.39 is 17.6 Å². The number of H-pyrrole nitrogens is 1.